The summed E-state index contributed by atoms with van der Waals surface area (Å²) in [5.41, 5.74) is 5.69. The fraction of sp³-hybridized carbons (Fsp3) is 0.944. The van der Waals surface area contributed by atoms with Crippen LogP contribution in [0.25, 0.3) is 0 Å². The predicted octanol–water partition coefficient (Wildman–Crippen LogP) is 5.13. The molecule has 3 N–H and O–H groups in total. The molecule has 0 heterocycles. The Morgan fingerprint density at radius 3 is 1.76 bits per heavy atom. The fourth-order valence-corrected chi connectivity index (χ4v) is 2.83. The van der Waals surface area contributed by atoms with Crippen LogP contribution in [0.5, 0.6) is 0 Å². The summed E-state index contributed by atoms with van der Waals surface area (Å²) in [4.78, 5) is 10.9. The van der Waals surface area contributed by atoms with E-state index in [1.807, 2.05) is 13.8 Å². The normalized spacial score (nSPS) is 13.3. The highest BCUT2D eigenvalue weighted by Crippen LogP contribution is 2.24. The number of aliphatic carboxylic acids is 1. The van der Waals surface area contributed by atoms with Crippen molar-refractivity contribution in [1.29, 1.82) is 0 Å². The van der Waals surface area contributed by atoms with Gasteiger partial charge in [-0.25, -0.2) is 0 Å². The van der Waals surface area contributed by atoms with Crippen LogP contribution in [0.2, 0.25) is 0 Å². The summed E-state index contributed by atoms with van der Waals surface area (Å²) < 4.78 is 0. The Morgan fingerprint density at radius 2 is 1.38 bits per heavy atom. The largest absolute Gasteiger partial charge is 0.481 e. The summed E-state index contributed by atoms with van der Waals surface area (Å²) >= 11 is 0. The first-order chi connectivity index (χ1) is 9.88. The molecule has 1 unspecified atom stereocenters. The molecule has 0 bridgehead atoms. The highest BCUT2D eigenvalue weighted by molar-refractivity contribution is 5.67. The van der Waals surface area contributed by atoms with E-state index >= 15 is 0 Å². The first-order valence-electron chi connectivity index (χ1n) is 8.88. The Bertz CT molecular complexity index is 258. The van der Waals surface area contributed by atoms with Crippen molar-refractivity contribution in [2.45, 2.75) is 103 Å². The van der Waals surface area contributed by atoms with Crippen molar-refractivity contribution < 1.29 is 9.90 Å². The van der Waals surface area contributed by atoms with Gasteiger partial charge in [-0.2, -0.15) is 0 Å². The summed E-state index contributed by atoms with van der Waals surface area (Å²) in [6.45, 7) is 6.13. The standard InChI is InChI=1S/C18H37NO2/c1-4-5-6-7-8-9-10-11-12-13-14-16(15-17(20)21)18(2,3)19/h16H,4-15,19H2,1-3H3,(H,20,21). The van der Waals surface area contributed by atoms with Crippen molar-refractivity contribution in [3.8, 4) is 0 Å². The molecule has 0 radical (unpaired) electrons. The molecule has 3 heteroatoms. The average molecular weight is 299 g/mol. The van der Waals surface area contributed by atoms with Gasteiger partial charge in [0.1, 0.15) is 0 Å². The van der Waals surface area contributed by atoms with Gasteiger partial charge in [0.25, 0.3) is 0 Å². The second-order valence-corrected chi connectivity index (χ2v) is 7.09. The molecular formula is C18H37NO2. The van der Waals surface area contributed by atoms with Crippen LogP contribution in [0.4, 0.5) is 0 Å². The van der Waals surface area contributed by atoms with Crippen LogP contribution in [-0.4, -0.2) is 16.6 Å². The van der Waals surface area contributed by atoms with E-state index in [1.54, 1.807) is 0 Å². The Morgan fingerprint density at radius 1 is 0.952 bits per heavy atom. The molecular weight excluding hydrogens is 262 g/mol. The van der Waals surface area contributed by atoms with Crippen LogP contribution < -0.4 is 5.73 Å². The number of hydrogen-bond acceptors (Lipinski definition) is 2. The van der Waals surface area contributed by atoms with Crippen LogP contribution in [0.1, 0.15) is 97.8 Å². The van der Waals surface area contributed by atoms with Gasteiger partial charge in [-0.05, 0) is 26.2 Å². The lowest BCUT2D eigenvalue weighted by atomic mass is 9.82. The van der Waals surface area contributed by atoms with Crippen LogP contribution in [0.15, 0.2) is 0 Å². The van der Waals surface area contributed by atoms with Crippen LogP contribution >= 0.6 is 0 Å². The number of unbranched alkanes of at least 4 members (excludes halogenated alkanes) is 9. The van der Waals surface area contributed by atoms with E-state index < -0.39 is 11.5 Å². The Kier molecular flexibility index (Phi) is 11.7. The monoisotopic (exact) mass is 299 g/mol. The van der Waals surface area contributed by atoms with Crippen molar-refractivity contribution in [2.75, 3.05) is 0 Å². The summed E-state index contributed by atoms with van der Waals surface area (Å²) in [6.07, 6.45) is 14.2. The maximum atomic E-state index is 10.9. The van der Waals surface area contributed by atoms with Gasteiger partial charge in [0.2, 0.25) is 0 Å². The highest BCUT2D eigenvalue weighted by atomic mass is 16.4. The molecule has 0 aliphatic rings. The van der Waals surface area contributed by atoms with Gasteiger partial charge in [0.05, 0.1) is 0 Å². The zero-order valence-electron chi connectivity index (χ0n) is 14.5. The summed E-state index contributed by atoms with van der Waals surface area (Å²) in [5.74, 6) is -0.644. The number of carboxylic acids is 1. The van der Waals surface area contributed by atoms with Gasteiger partial charge < -0.3 is 10.8 Å². The molecule has 3 nitrogen and oxygen atoms in total. The molecule has 0 saturated heterocycles. The van der Waals surface area contributed by atoms with E-state index in [-0.39, 0.29) is 12.3 Å². The van der Waals surface area contributed by atoms with Gasteiger partial charge in [-0.15, -0.1) is 0 Å². The molecule has 0 aromatic heterocycles. The van der Waals surface area contributed by atoms with Crippen molar-refractivity contribution in [3.05, 3.63) is 0 Å². The minimum absolute atomic E-state index is 0.0871. The minimum atomic E-state index is -0.731. The molecule has 0 aliphatic heterocycles. The van der Waals surface area contributed by atoms with E-state index in [4.69, 9.17) is 10.8 Å². The maximum Gasteiger partial charge on any atom is 0.303 e. The van der Waals surface area contributed by atoms with Gasteiger partial charge in [-0.1, -0.05) is 71.1 Å². The van der Waals surface area contributed by atoms with Crippen LogP contribution in [0.3, 0.4) is 0 Å². The molecule has 1 atom stereocenters. The van der Waals surface area contributed by atoms with E-state index in [2.05, 4.69) is 6.92 Å². The maximum absolute atomic E-state index is 10.9. The molecule has 0 aliphatic carbocycles. The van der Waals surface area contributed by atoms with E-state index in [0.29, 0.717) is 0 Å². The van der Waals surface area contributed by atoms with Crippen molar-refractivity contribution in [1.82, 2.24) is 0 Å². The third-order valence-electron chi connectivity index (χ3n) is 4.38. The molecule has 0 fully saturated rings. The summed E-state index contributed by atoms with van der Waals surface area (Å²) in [6, 6.07) is 0. The molecule has 0 spiro atoms. The fourth-order valence-electron chi connectivity index (χ4n) is 2.83. The zero-order chi connectivity index (χ0) is 16.1. The quantitative estimate of drug-likeness (QED) is 0.437. The topological polar surface area (TPSA) is 63.3 Å². The van der Waals surface area contributed by atoms with Crippen molar-refractivity contribution in [3.63, 3.8) is 0 Å². The van der Waals surface area contributed by atoms with Gasteiger partial charge in [0.15, 0.2) is 0 Å². The van der Waals surface area contributed by atoms with E-state index in [0.717, 1.165) is 12.8 Å². The molecule has 126 valence electrons. The SMILES string of the molecule is CCCCCCCCCCCCC(CC(=O)O)C(C)(C)N. The first-order valence-corrected chi connectivity index (χ1v) is 8.88. The molecule has 0 aromatic rings. The number of carbonyl (C=O) groups is 1. The molecule has 0 rings (SSSR count). The number of rotatable bonds is 14. The molecule has 0 amide bonds. The second kappa shape index (κ2) is 12.0. The van der Waals surface area contributed by atoms with Crippen molar-refractivity contribution >= 4 is 5.97 Å². The third-order valence-corrected chi connectivity index (χ3v) is 4.38. The van der Waals surface area contributed by atoms with Crippen molar-refractivity contribution in [2.24, 2.45) is 11.7 Å². The lowest BCUT2D eigenvalue weighted by Gasteiger charge is -2.29. The summed E-state index contributed by atoms with van der Waals surface area (Å²) in [7, 11) is 0. The Balaban J connectivity index is 3.56. The number of hydrogen-bond donors (Lipinski definition) is 2. The Hall–Kier alpha value is -0.570. The average Bonchev–Trinajstić information content (AvgIpc) is 2.38. The highest BCUT2D eigenvalue weighted by Gasteiger charge is 2.26. The number of nitrogens with two attached hydrogens (primary N) is 1. The lowest BCUT2D eigenvalue weighted by molar-refractivity contribution is -0.138. The molecule has 21 heavy (non-hydrogen) atoms. The number of carboxylic acid groups (broad SMARTS) is 1. The smallest absolute Gasteiger partial charge is 0.303 e. The zero-order valence-corrected chi connectivity index (χ0v) is 14.5. The molecule has 0 aromatic carbocycles. The van der Waals surface area contributed by atoms with Crippen LogP contribution in [-0.2, 0) is 4.79 Å². The van der Waals surface area contributed by atoms with Gasteiger partial charge >= 0.3 is 5.97 Å². The lowest BCUT2D eigenvalue weighted by Crippen LogP contribution is -2.41. The van der Waals surface area contributed by atoms with Gasteiger partial charge in [-0.3, -0.25) is 4.79 Å². The Labute approximate surface area is 131 Å². The first kappa shape index (κ1) is 20.4. The van der Waals surface area contributed by atoms with E-state index in [1.165, 1.54) is 57.8 Å². The predicted molar refractivity (Wildman–Crippen MR) is 90.5 cm³/mol. The molecule has 0 saturated carbocycles. The van der Waals surface area contributed by atoms with Gasteiger partial charge in [0, 0.05) is 12.0 Å². The third kappa shape index (κ3) is 12.9. The van der Waals surface area contributed by atoms with Crippen LogP contribution in [0, 0.1) is 5.92 Å². The second-order valence-electron chi connectivity index (χ2n) is 7.09. The summed E-state index contributed by atoms with van der Waals surface area (Å²) in [5, 5.41) is 8.95. The minimum Gasteiger partial charge on any atom is -0.481 e. The van der Waals surface area contributed by atoms with E-state index in [9.17, 15) is 4.79 Å².